The van der Waals surface area contributed by atoms with Crippen molar-refractivity contribution in [2.75, 3.05) is 13.1 Å². The van der Waals surface area contributed by atoms with Crippen molar-refractivity contribution in [3.8, 4) is 0 Å². The largest absolute Gasteiger partial charge is 0.364 e. The Morgan fingerprint density at radius 2 is 2.24 bits per heavy atom. The third-order valence-corrected chi connectivity index (χ3v) is 3.51. The average Bonchev–Trinajstić information content (AvgIpc) is 2.31. The van der Waals surface area contributed by atoms with E-state index in [4.69, 9.17) is 4.74 Å². The van der Waals surface area contributed by atoms with E-state index in [2.05, 4.69) is 24.5 Å². The molecule has 0 saturated carbocycles. The second kappa shape index (κ2) is 6.97. The maximum Gasteiger partial charge on any atom is 0.249 e. The Bertz CT molecular complexity index is 246. The van der Waals surface area contributed by atoms with Crippen LogP contribution in [0.1, 0.15) is 40.5 Å². The first kappa shape index (κ1) is 14.5. The average molecular weight is 242 g/mol. The molecule has 1 amide bonds. The number of amides is 1. The van der Waals surface area contributed by atoms with Gasteiger partial charge in [0.25, 0.3) is 0 Å². The molecule has 17 heavy (non-hydrogen) atoms. The van der Waals surface area contributed by atoms with Crippen LogP contribution in [0.25, 0.3) is 0 Å². The standard InChI is InChI=1S/C13H26N2O2/c1-5-10(3)15-13(16)11(4)17-12-8-14-7-6-9(12)2/h9-12,14H,5-8H2,1-4H3,(H,15,16). The van der Waals surface area contributed by atoms with Crippen LogP contribution in [0.15, 0.2) is 0 Å². The van der Waals surface area contributed by atoms with Crippen LogP contribution >= 0.6 is 0 Å². The first-order valence-electron chi connectivity index (χ1n) is 6.71. The normalized spacial score (nSPS) is 28.5. The zero-order valence-electron chi connectivity index (χ0n) is 11.5. The van der Waals surface area contributed by atoms with Crippen molar-refractivity contribution < 1.29 is 9.53 Å². The SMILES string of the molecule is CCC(C)NC(=O)C(C)OC1CNCCC1C. The molecular weight excluding hydrogens is 216 g/mol. The minimum absolute atomic E-state index is 0.00266. The van der Waals surface area contributed by atoms with Crippen LogP contribution in [0, 0.1) is 5.92 Å². The van der Waals surface area contributed by atoms with Gasteiger partial charge in [-0.15, -0.1) is 0 Å². The fraction of sp³-hybridized carbons (Fsp3) is 0.923. The van der Waals surface area contributed by atoms with E-state index in [9.17, 15) is 4.79 Å². The van der Waals surface area contributed by atoms with Crippen LogP contribution in [-0.2, 0) is 9.53 Å². The zero-order chi connectivity index (χ0) is 12.8. The van der Waals surface area contributed by atoms with Crippen LogP contribution in [0.5, 0.6) is 0 Å². The maximum atomic E-state index is 11.8. The lowest BCUT2D eigenvalue weighted by molar-refractivity contribution is -0.138. The predicted molar refractivity (Wildman–Crippen MR) is 68.9 cm³/mol. The lowest BCUT2D eigenvalue weighted by Gasteiger charge is -2.31. The number of hydrogen-bond acceptors (Lipinski definition) is 3. The quantitative estimate of drug-likeness (QED) is 0.764. The summed E-state index contributed by atoms with van der Waals surface area (Å²) in [6.07, 6.45) is 1.85. The summed E-state index contributed by atoms with van der Waals surface area (Å²) in [5.41, 5.74) is 0. The molecule has 1 rings (SSSR count). The van der Waals surface area contributed by atoms with E-state index in [1.165, 1.54) is 0 Å². The van der Waals surface area contributed by atoms with E-state index in [0.29, 0.717) is 5.92 Å². The molecule has 100 valence electrons. The van der Waals surface area contributed by atoms with Gasteiger partial charge in [-0.2, -0.15) is 0 Å². The third-order valence-electron chi connectivity index (χ3n) is 3.51. The number of carbonyl (C=O) groups is 1. The Hall–Kier alpha value is -0.610. The molecule has 4 heteroatoms. The fourth-order valence-corrected chi connectivity index (χ4v) is 1.93. The molecule has 0 aromatic carbocycles. The van der Waals surface area contributed by atoms with Gasteiger partial charge in [0.15, 0.2) is 0 Å². The van der Waals surface area contributed by atoms with Crippen molar-refractivity contribution in [3.05, 3.63) is 0 Å². The van der Waals surface area contributed by atoms with Gasteiger partial charge in [-0.1, -0.05) is 13.8 Å². The summed E-state index contributed by atoms with van der Waals surface area (Å²) in [5.74, 6) is 0.521. The van der Waals surface area contributed by atoms with Crippen LogP contribution in [0.2, 0.25) is 0 Å². The summed E-state index contributed by atoms with van der Waals surface area (Å²) in [7, 11) is 0. The van der Waals surface area contributed by atoms with E-state index in [1.807, 2.05) is 13.8 Å². The second-order valence-electron chi connectivity index (χ2n) is 5.10. The summed E-state index contributed by atoms with van der Waals surface area (Å²) in [4.78, 5) is 11.8. The highest BCUT2D eigenvalue weighted by atomic mass is 16.5. The van der Waals surface area contributed by atoms with Gasteiger partial charge in [0, 0.05) is 12.6 Å². The predicted octanol–water partition coefficient (Wildman–Crippen LogP) is 1.30. The first-order chi connectivity index (χ1) is 8.04. The fourth-order valence-electron chi connectivity index (χ4n) is 1.93. The lowest BCUT2D eigenvalue weighted by atomic mass is 9.97. The molecule has 1 saturated heterocycles. The van der Waals surface area contributed by atoms with Crippen molar-refractivity contribution in [1.82, 2.24) is 10.6 Å². The number of piperidine rings is 1. The molecule has 1 aliphatic rings. The summed E-state index contributed by atoms with van der Waals surface area (Å²) in [6.45, 7) is 9.99. The molecule has 1 aliphatic heterocycles. The third kappa shape index (κ3) is 4.64. The highest BCUT2D eigenvalue weighted by Gasteiger charge is 2.26. The summed E-state index contributed by atoms with van der Waals surface area (Å²) in [5, 5.41) is 6.25. The Labute approximate surface area is 104 Å². The smallest absolute Gasteiger partial charge is 0.249 e. The van der Waals surface area contributed by atoms with E-state index in [-0.39, 0.29) is 24.2 Å². The molecule has 0 aromatic rings. The molecule has 2 N–H and O–H groups in total. The number of hydrogen-bond donors (Lipinski definition) is 2. The Morgan fingerprint density at radius 3 is 2.82 bits per heavy atom. The summed E-state index contributed by atoms with van der Waals surface area (Å²) >= 11 is 0. The lowest BCUT2D eigenvalue weighted by Crippen LogP contribution is -2.46. The van der Waals surface area contributed by atoms with Gasteiger partial charge in [-0.3, -0.25) is 4.79 Å². The second-order valence-corrected chi connectivity index (χ2v) is 5.10. The molecule has 4 nitrogen and oxygen atoms in total. The minimum atomic E-state index is -0.364. The van der Waals surface area contributed by atoms with Gasteiger partial charge >= 0.3 is 0 Å². The molecule has 0 aromatic heterocycles. The molecule has 0 aliphatic carbocycles. The van der Waals surface area contributed by atoms with Crippen molar-refractivity contribution in [1.29, 1.82) is 0 Å². The van der Waals surface area contributed by atoms with Crippen molar-refractivity contribution in [2.45, 2.75) is 58.8 Å². The van der Waals surface area contributed by atoms with Crippen molar-refractivity contribution in [3.63, 3.8) is 0 Å². The molecule has 0 bridgehead atoms. The van der Waals surface area contributed by atoms with Crippen LogP contribution in [-0.4, -0.2) is 37.2 Å². The Kier molecular flexibility index (Phi) is 5.92. The molecular formula is C13H26N2O2. The zero-order valence-corrected chi connectivity index (χ0v) is 11.5. The first-order valence-corrected chi connectivity index (χ1v) is 6.71. The number of nitrogens with one attached hydrogen (secondary N) is 2. The maximum absolute atomic E-state index is 11.8. The molecule has 0 radical (unpaired) electrons. The van der Waals surface area contributed by atoms with Gasteiger partial charge in [0.1, 0.15) is 6.10 Å². The van der Waals surface area contributed by atoms with Crippen LogP contribution < -0.4 is 10.6 Å². The van der Waals surface area contributed by atoms with Crippen LogP contribution in [0.3, 0.4) is 0 Å². The highest BCUT2D eigenvalue weighted by molar-refractivity contribution is 5.80. The Morgan fingerprint density at radius 1 is 1.53 bits per heavy atom. The highest BCUT2D eigenvalue weighted by Crippen LogP contribution is 2.16. The van der Waals surface area contributed by atoms with Gasteiger partial charge in [0.2, 0.25) is 5.91 Å². The van der Waals surface area contributed by atoms with E-state index in [1.54, 1.807) is 0 Å². The molecule has 1 heterocycles. The monoisotopic (exact) mass is 242 g/mol. The van der Waals surface area contributed by atoms with Crippen LogP contribution in [0.4, 0.5) is 0 Å². The van der Waals surface area contributed by atoms with Crippen molar-refractivity contribution in [2.24, 2.45) is 5.92 Å². The minimum Gasteiger partial charge on any atom is -0.364 e. The van der Waals surface area contributed by atoms with E-state index >= 15 is 0 Å². The molecule has 1 fully saturated rings. The van der Waals surface area contributed by atoms with E-state index < -0.39 is 0 Å². The van der Waals surface area contributed by atoms with Gasteiger partial charge < -0.3 is 15.4 Å². The number of rotatable bonds is 5. The summed E-state index contributed by atoms with van der Waals surface area (Å²) < 4.78 is 5.84. The molecule has 4 atom stereocenters. The van der Waals surface area contributed by atoms with Gasteiger partial charge in [-0.25, -0.2) is 0 Å². The topological polar surface area (TPSA) is 50.4 Å². The number of carbonyl (C=O) groups excluding carboxylic acids is 1. The summed E-state index contributed by atoms with van der Waals surface area (Å²) in [6, 6.07) is 0.218. The number of ether oxygens (including phenoxy) is 1. The van der Waals surface area contributed by atoms with Gasteiger partial charge in [0.05, 0.1) is 6.10 Å². The van der Waals surface area contributed by atoms with Crippen molar-refractivity contribution >= 4 is 5.91 Å². The Balaban J connectivity index is 2.36. The van der Waals surface area contributed by atoms with Gasteiger partial charge in [-0.05, 0) is 39.2 Å². The molecule has 4 unspecified atom stereocenters. The molecule has 0 spiro atoms. The van der Waals surface area contributed by atoms with E-state index in [0.717, 1.165) is 25.9 Å².